The molecule has 0 spiro atoms. The number of hydrogen-bond acceptors (Lipinski definition) is 7. The van der Waals surface area contributed by atoms with Crippen molar-refractivity contribution in [1.82, 2.24) is 10.3 Å². The normalized spacial score (nSPS) is 17.5. The highest BCUT2D eigenvalue weighted by atomic mass is 16.5. The summed E-state index contributed by atoms with van der Waals surface area (Å²) >= 11 is 0. The average molecular weight is 506 g/mol. The molecule has 1 N–H and O–H groups in total. The number of benzene rings is 2. The number of rotatable bonds is 13. The van der Waals surface area contributed by atoms with Crippen LogP contribution in [0.3, 0.4) is 0 Å². The third kappa shape index (κ3) is 7.21. The van der Waals surface area contributed by atoms with E-state index >= 15 is 0 Å². The molecule has 1 fully saturated rings. The number of para-hydroxylation sites is 1. The number of unbranched alkanes of at least 4 members (excludes halogenated alkanes) is 1. The average Bonchev–Trinajstić information content (AvgIpc) is 2.93. The van der Waals surface area contributed by atoms with Crippen LogP contribution in [-0.4, -0.2) is 56.5 Å². The van der Waals surface area contributed by atoms with Crippen molar-refractivity contribution >= 4 is 11.6 Å². The number of aromatic nitrogens is 1. The van der Waals surface area contributed by atoms with E-state index in [0.29, 0.717) is 38.9 Å². The third-order valence-corrected chi connectivity index (χ3v) is 6.24. The van der Waals surface area contributed by atoms with E-state index in [1.54, 1.807) is 13.3 Å². The highest BCUT2D eigenvalue weighted by Gasteiger charge is 2.40. The number of nitrogens with zero attached hydrogens (tertiary/aromatic N) is 2. The van der Waals surface area contributed by atoms with Crippen LogP contribution in [0, 0.1) is 0 Å². The lowest BCUT2D eigenvalue weighted by Crippen LogP contribution is -2.65. The van der Waals surface area contributed by atoms with Crippen molar-refractivity contribution in [2.75, 3.05) is 44.9 Å². The van der Waals surface area contributed by atoms with E-state index in [0.717, 1.165) is 35.6 Å². The standard InChI is InChI=1S/C29H35N3O5/c1-29(22-37-27-11-5-6-16-31-27)21-30-19-28(33)32(29)24-12-14-25(15-13-24)36-18-8-7-17-35-20-23-9-3-4-10-26(23)34-2/h3-6,9-16,30H,7-8,17-22H2,1-2H3/t29-/m0/s1. The molecule has 0 aliphatic carbocycles. The van der Waals surface area contributed by atoms with E-state index in [-0.39, 0.29) is 12.5 Å². The van der Waals surface area contributed by atoms with E-state index in [4.69, 9.17) is 18.9 Å². The Kier molecular flexibility index (Phi) is 9.35. The SMILES string of the molecule is COc1ccccc1COCCCCOc1ccc(N2C(=O)CNC[C@@]2(C)COc2ccccn2)cc1. The van der Waals surface area contributed by atoms with Crippen LogP contribution in [0.1, 0.15) is 25.3 Å². The molecule has 0 bridgehead atoms. The van der Waals surface area contributed by atoms with Gasteiger partial charge in [0.2, 0.25) is 11.8 Å². The van der Waals surface area contributed by atoms with Crippen LogP contribution >= 0.6 is 0 Å². The number of methoxy groups -OCH3 is 1. The molecular formula is C29H35N3O5. The quantitative estimate of drug-likeness (QED) is 0.348. The Labute approximate surface area is 218 Å². The zero-order valence-corrected chi connectivity index (χ0v) is 21.5. The Bertz CT molecular complexity index is 1130. The number of amides is 1. The first kappa shape index (κ1) is 26.4. The zero-order chi connectivity index (χ0) is 25.9. The maximum absolute atomic E-state index is 12.9. The van der Waals surface area contributed by atoms with Crippen molar-refractivity contribution in [2.24, 2.45) is 0 Å². The number of ether oxygens (including phenoxy) is 4. The lowest BCUT2D eigenvalue weighted by atomic mass is 9.97. The maximum atomic E-state index is 12.9. The molecular weight excluding hydrogens is 470 g/mol. The number of carbonyl (C=O) groups excluding carboxylic acids is 1. The van der Waals surface area contributed by atoms with E-state index in [2.05, 4.69) is 10.3 Å². The summed E-state index contributed by atoms with van der Waals surface area (Å²) in [5.41, 5.74) is 1.30. The predicted octanol–water partition coefficient (Wildman–Crippen LogP) is 4.24. The van der Waals surface area contributed by atoms with Crippen molar-refractivity contribution in [3.05, 3.63) is 78.5 Å². The molecule has 1 aliphatic rings. The van der Waals surface area contributed by atoms with E-state index in [9.17, 15) is 4.79 Å². The molecule has 3 aromatic rings. The molecule has 1 saturated heterocycles. The van der Waals surface area contributed by atoms with Gasteiger partial charge in [-0.2, -0.15) is 0 Å². The van der Waals surface area contributed by atoms with E-state index in [1.165, 1.54) is 0 Å². The second-order valence-corrected chi connectivity index (χ2v) is 9.20. The summed E-state index contributed by atoms with van der Waals surface area (Å²) in [5, 5.41) is 3.20. The largest absolute Gasteiger partial charge is 0.496 e. The highest BCUT2D eigenvalue weighted by molar-refractivity contribution is 5.97. The number of anilines is 1. The summed E-state index contributed by atoms with van der Waals surface area (Å²) in [4.78, 5) is 18.9. The Morgan fingerprint density at radius 3 is 2.54 bits per heavy atom. The van der Waals surface area contributed by atoms with Crippen LogP contribution in [0.4, 0.5) is 5.69 Å². The van der Waals surface area contributed by atoms with Gasteiger partial charge in [-0.15, -0.1) is 0 Å². The summed E-state index contributed by atoms with van der Waals surface area (Å²) in [6, 6.07) is 21.1. The van der Waals surface area contributed by atoms with Crippen LogP contribution in [0.25, 0.3) is 0 Å². The van der Waals surface area contributed by atoms with E-state index < -0.39 is 5.54 Å². The van der Waals surface area contributed by atoms with Gasteiger partial charge in [-0.1, -0.05) is 24.3 Å². The van der Waals surface area contributed by atoms with Gasteiger partial charge in [0, 0.05) is 36.7 Å². The number of carbonyl (C=O) groups is 1. The van der Waals surface area contributed by atoms with Crippen LogP contribution in [-0.2, 0) is 16.1 Å². The molecule has 37 heavy (non-hydrogen) atoms. The minimum Gasteiger partial charge on any atom is -0.496 e. The van der Waals surface area contributed by atoms with Gasteiger partial charge >= 0.3 is 0 Å². The van der Waals surface area contributed by atoms with Gasteiger partial charge in [0.15, 0.2) is 0 Å². The molecule has 0 radical (unpaired) electrons. The molecule has 4 rings (SSSR count). The van der Waals surface area contributed by atoms with Gasteiger partial charge in [0.05, 0.1) is 32.4 Å². The highest BCUT2D eigenvalue weighted by Crippen LogP contribution is 2.29. The Morgan fingerprint density at radius 2 is 1.76 bits per heavy atom. The first-order valence-corrected chi connectivity index (χ1v) is 12.6. The van der Waals surface area contributed by atoms with Crippen molar-refractivity contribution in [1.29, 1.82) is 0 Å². The van der Waals surface area contributed by atoms with Gasteiger partial charge in [-0.3, -0.25) is 4.79 Å². The zero-order valence-electron chi connectivity index (χ0n) is 21.5. The van der Waals surface area contributed by atoms with Gasteiger partial charge in [0.1, 0.15) is 18.1 Å². The number of nitrogens with one attached hydrogen (secondary N) is 1. The molecule has 1 aromatic heterocycles. The summed E-state index contributed by atoms with van der Waals surface area (Å²) in [5.74, 6) is 2.15. The van der Waals surface area contributed by atoms with Gasteiger partial charge in [-0.25, -0.2) is 4.98 Å². The van der Waals surface area contributed by atoms with Gasteiger partial charge in [0.25, 0.3) is 0 Å². The fraction of sp³-hybridized carbons (Fsp3) is 0.379. The Hall–Kier alpha value is -3.62. The fourth-order valence-corrected chi connectivity index (χ4v) is 4.32. The maximum Gasteiger partial charge on any atom is 0.241 e. The van der Waals surface area contributed by atoms with E-state index in [1.807, 2.05) is 78.6 Å². The number of hydrogen-bond donors (Lipinski definition) is 1. The van der Waals surface area contributed by atoms with Gasteiger partial charge in [-0.05, 0) is 56.2 Å². The summed E-state index contributed by atoms with van der Waals surface area (Å²) in [6.45, 7) is 5.02. The van der Waals surface area contributed by atoms with Crippen molar-refractivity contribution in [2.45, 2.75) is 31.9 Å². The van der Waals surface area contributed by atoms with Crippen LogP contribution in [0.2, 0.25) is 0 Å². The summed E-state index contributed by atoms with van der Waals surface area (Å²) in [6.07, 6.45) is 3.47. The molecule has 2 aromatic carbocycles. The molecule has 0 saturated carbocycles. The van der Waals surface area contributed by atoms with Crippen molar-refractivity contribution in [3.8, 4) is 17.4 Å². The Morgan fingerprint density at radius 1 is 0.973 bits per heavy atom. The molecule has 1 amide bonds. The second-order valence-electron chi connectivity index (χ2n) is 9.20. The molecule has 2 heterocycles. The lowest BCUT2D eigenvalue weighted by Gasteiger charge is -2.44. The van der Waals surface area contributed by atoms with Gasteiger partial charge < -0.3 is 29.2 Å². The summed E-state index contributed by atoms with van der Waals surface area (Å²) in [7, 11) is 1.67. The minimum absolute atomic E-state index is 0.000150. The predicted molar refractivity (Wildman–Crippen MR) is 142 cm³/mol. The summed E-state index contributed by atoms with van der Waals surface area (Å²) < 4.78 is 23.0. The first-order valence-electron chi connectivity index (χ1n) is 12.6. The first-order chi connectivity index (χ1) is 18.1. The monoisotopic (exact) mass is 505 g/mol. The fourth-order valence-electron chi connectivity index (χ4n) is 4.32. The molecule has 8 heteroatoms. The van der Waals surface area contributed by atoms with Crippen LogP contribution < -0.4 is 24.4 Å². The van der Waals surface area contributed by atoms with Crippen LogP contribution in [0.5, 0.6) is 17.4 Å². The second kappa shape index (κ2) is 13.1. The molecule has 1 aliphatic heterocycles. The molecule has 0 unspecified atom stereocenters. The number of pyridine rings is 1. The number of piperazine rings is 1. The minimum atomic E-state index is -0.557. The topological polar surface area (TPSA) is 82.2 Å². The molecule has 8 nitrogen and oxygen atoms in total. The van der Waals surface area contributed by atoms with Crippen LogP contribution in [0.15, 0.2) is 72.9 Å². The smallest absolute Gasteiger partial charge is 0.241 e. The van der Waals surface area contributed by atoms with Crippen molar-refractivity contribution < 1.29 is 23.7 Å². The lowest BCUT2D eigenvalue weighted by molar-refractivity contribution is -0.120. The third-order valence-electron chi connectivity index (χ3n) is 6.24. The van der Waals surface area contributed by atoms with Crippen molar-refractivity contribution in [3.63, 3.8) is 0 Å². The Balaban J connectivity index is 1.23. The molecule has 196 valence electrons. The molecule has 1 atom stereocenters.